The Morgan fingerprint density at radius 3 is 2.14 bits per heavy atom. The molecule has 2 aliphatic rings. The molecule has 22 heavy (non-hydrogen) atoms. The predicted octanol–water partition coefficient (Wildman–Crippen LogP) is 3.70. The Kier molecular flexibility index (Phi) is 4.55. The van der Waals surface area contributed by atoms with Crippen LogP contribution in [0.5, 0.6) is 0 Å². The summed E-state index contributed by atoms with van der Waals surface area (Å²) in [6.07, 6.45) is 2.89. The van der Waals surface area contributed by atoms with Crippen molar-refractivity contribution in [2.75, 3.05) is 6.54 Å². The molecule has 4 heteroatoms. The van der Waals surface area contributed by atoms with Gasteiger partial charge in [-0.2, -0.15) is 0 Å². The molecule has 128 valence electrons. The van der Waals surface area contributed by atoms with Crippen LogP contribution in [-0.4, -0.2) is 30.3 Å². The summed E-state index contributed by atoms with van der Waals surface area (Å²) in [5.74, 6) is 0.748. The maximum absolute atomic E-state index is 11.8. The molecule has 0 aliphatic heterocycles. The molecule has 0 bridgehead atoms. The van der Waals surface area contributed by atoms with Gasteiger partial charge in [-0.05, 0) is 63.3 Å². The second-order valence-corrected chi connectivity index (χ2v) is 9.26. The molecule has 2 unspecified atom stereocenters. The van der Waals surface area contributed by atoms with Gasteiger partial charge in [0.25, 0.3) is 0 Å². The number of alkyl carbamates (subject to hydrolysis) is 1. The van der Waals surface area contributed by atoms with Gasteiger partial charge in [-0.3, -0.25) is 0 Å². The molecule has 2 fully saturated rings. The van der Waals surface area contributed by atoms with Gasteiger partial charge in [0.05, 0.1) is 0 Å². The quantitative estimate of drug-likeness (QED) is 0.832. The summed E-state index contributed by atoms with van der Waals surface area (Å²) >= 11 is 0. The van der Waals surface area contributed by atoms with Crippen molar-refractivity contribution in [1.29, 1.82) is 0 Å². The Balaban J connectivity index is 1.69. The van der Waals surface area contributed by atoms with Gasteiger partial charge in [0.2, 0.25) is 0 Å². The molecule has 0 heterocycles. The topological polar surface area (TPSA) is 50.4 Å². The minimum Gasteiger partial charge on any atom is -0.444 e. The molecule has 0 aromatic carbocycles. The number of ether oxygens (including phenoxy) is 1. The molecule has 2 aliphatic carbocycles. The van der Waals surface area contributed by atoms with Crippen LogP contribution in [0.25, 0.3) is 0 Å². The monoisotopic (exact) mass is 310 g/mol. The second kappa shape index (κ2) is 5.70. The van der Waals surface area contributed by atoms with E-state index < -0.39 is 5.60 Å². The molecule has 4 nitrogen and oxygen atoms in total. The molecule has 0 aromatic rings. The fourth-order valence-corrected chi connectivity index (χ4v) is 3.90. The standard InChI is InChI=1S/C18H34N2O2/c1-16(2,3)22-15(21)20-13-9-8-12(10-13)19-11-14-17(4,5)18(14,6)7/h12-14,19H,8-11H2,1-7H3,(H,20,21). The van der Waals surface area contributed by atoms with E-state index in [1.165, 1.54) is 0 Å². The first-order valence-electron chi connectivity index (χ1n) is 8.66. The van der Waals surface area contributed by atoms with Crippen LogP contribution in [0.2, 0.25) is 0 Å². The largest absolute Gasteiger partial charge is 0.444 e. The van der Waals surface area contributed by atoms with E-state index in [0.717, 1.165) is 31.7 Å². The lowest BCUT2D eigenvalue weighted by atomic mass is 10.0. The van der Waals surface area contributed by atoms with Crippen molar-refractivity contribution in [3.05, 3.63) is 0 Å². The molecule has 0 radical (unpaired) electrons. The summed E-state index contributed by atoms with van der Waals surface area (Å²) in [4.78, 5) is 11.8. The summed E-state index contributed by atoms with van der Waals surface area (Å²) in [7, 11) is 0. The van der Waals surface area contributed by atoms with Crippen LogP contribution in [0.1, 0.15) is 67.7 Å². The minimum atomic E-state index is -0.427. The van der Waals surface area contributed by atoms with E-state index in [9.17, 15) is 4.79 Å². The van der Waals surface area contributed by atoms with Gasteiger partial charge in [0.15, 0.2) is 0 Å². The molecular weight excluding hydrogens is 276 g/mol. The van der Waals surface area contributed by atoms with Gasteiger partial charge >= 0.3 is 6.09 Å². The minimum absolute atomic E-state index is 0.243. The third-order valence-electron chi connectivity index (χ3n) is 6.08. The summed E-state index contributed by atoms with van der Waals surface area (Å²) in [6, 6.07) is 0.764. The summed E-state index contributed by atoms with van der Waals surface area (Å²) in [5, 5.41) is 6.71. The van der Waals surface area contributed by atoms with Crippen LogP contribution in [0.15, 0.2) is 0 Å². The number of hydrogen-bond acceptors (Lipinski definition) is 3. The van der Waals surface area contributed by atoms with Crippen LogP contribution >= 0.6 is 0 Å². The van der Waals surface area contributed by atoms with Crippen molar-refractivity contribution in [1.82, 2.24) is 10.6 Å². The molecule has 2 saturated carbocycles. The van der Waals surface area contributed by atoms with E-state index >= 15 is 0 Å². The zero-order chi connectivity index (χ0) is 16.8. The number of rotatable bonds is 4. The van der Waals surface area contributed by atoms with Gasteiger partial charge in [-0.1, -0.05) is 27.7 Å². The van der Waals surface area contributed by atoms with E-state index in [4.69, 9.17) is 4.74 Å². The average molecular weight is 310 g/mol. The van der Waals surface area contributed by atoms with E-state index in [2.05, 4.69) is 38.3 Å². The van der Waals surface area contributed by atoms with E-state index in [1.54, 1.807) is 0 Å². The van der Waals surface area contributed by atoms with Gasteiger partial charge < -0.3 is 15.4 Å². The van der Waals surface area contributed by atoms with E-state index in [1.807, 2.05) is 20.8 Å². The maximum atomic E-state index is 11.8. The zero-order valence-electron chi connectivity index (χ0n) is 15.4. The molecule has 0 saturated heterocycles. The zero-order valence-corrected chi connectivity index (χ0v) is 15.4. The van der Waals surface area contributed by atoms with Gasteiger partial charge in [0, 0.05) is 12.1 Å². The lowest BCUT2D eigenvalue weighted by Crippen LogP contribution is -2.39. The fraction of sp³-hybridized carbons (Fsp3) is 0.944. The highest BCUT2D eigenvalue weighted by molar-refractivity contribution is 5.68. The Hall–Kier alpha value is -0.770. The van der Waals surface area contributed by atoms with Crippen molar-refractivity contribution in [2.24, 2.45) is 16.7 Å². The van der Waals surface area contributed by atoms with Gasteiger partial charge in [0.1, 0.15) is 5.60 Å². The molecule has 1 amide bonds. The third-order valence-corrected chi connectivity index (χ3v) is 6.08. The Morgan fingerprint density at radius 1 is 1.09 bits per heavy atom. The van der Waals surface area contributed by atoms with Crippen LogP contribution in [0.3, 0.4) is 0 Å². The number of nitrogens with one attached hydrogen (secondary N) is 2. The number of amides is 1. The number of carbonyl (C=O) groups is 1. The van der Waals surface area contributed by atoms with Crippen molar-refractivity contribution >= 4 is 6.09 Å². The SMILES string of the molecule is CC(C)(C)OC(=O)NC1CCC(NCC2C(C)(C)C2(C)C)C1. The molecule has 2 rings (SSSR count). The van der Waals surface area contributed by atoms with Crippen LogP contribution in [-0.2, 0) is 4.74 Å². The Morgan fingerprint density at radius 2 is 1.64 bits per heavy atom. The Bertz CT molecular complexity index is 409. The lowest BCUT2D eigenvalue weighted by Gasteiger charge is -2.22. The van der Waals surface area contributed by atoms with E-state index in [-0.39, 0.29) is 12.1 Å². The summed E-state index contributed by atoms with van der Waals surface area (Å²) in [5.41, 5.74) is 0.447. The van der Waals surface area contributed by atoms with E-state index in [0.29, 0.717) is 16.9 Å². The number of hydrogen-bond donors (Lipinski definition) is 2. The first-order valence-corrected chi connectivity index (χ1v) is 8.66. The second-order valence-electron chi connectivity index (χ2n) is 9.26. The summed E-state index contributed by atoms with van der Waals surface area (Å²) in [6.45, 7) is 16.2. The first kappa shape index (κ1) is 17.6. The van der Waals surface area contributed by atoms with Crippen LogP contribution in [0.4, 0.5) is 4.79 Å². The lowest BCUT2D eigenvalue weighted by molar-refractivity contribution is 0.0505. The molecule has 0 aromatic heterocycles. The third kappa shape index (κ3) is 3.76. The summed E-state index contributed by atoms with van der Waals surface area (Å²) < 4.78 is 5.33. The molecular formula is C18H34N2O2. The normalized spacial score (nSPS) is 30.1. The number of carbonyl (C=O) groups excluding carboxylic acids is 1. The van der Waals surface area contributed by atoms with Crippen molar-refractivity contribution in [2.45, 2.75) is 85.4 Å². The maximum Gasteiger partial charge on any atom is 0.407 e. The molecule has 2 N–H and O–H groups in total. The predicted molar refractivity (Wildman–Crippen MR) is 89.9 cm³/mol. The van der Waals surface area contributed by atoms with Crippen LogP contribution in [0, 0.1) is 16.7 Å². The highest BCUT2D eigenvalue weighted by Crippen LogP contribution is 2.67. The first-order chi connectivity index (χ1) is 9.93. The van der Waals surface area contributed by atoms with Gasteiger partial charge in [-0.25, -0.2) is 4.79 Å². The highest BCUT2D eigenvalue weighted by Gasteiger charge is 2.63. The van der Waals surface area contributed by atoms with Crippen molar-refractivity contribution in [3.8, 4) is 0 Å². The fourth-order valence-electron chi connectivity index (χ4n) is 3.90. The van der Waals surface area contributed by atoms with Gasteiger partial charge in [-0.15, -0.1) is 0 Å². The smallest absolute Gasteiger partial charge is 0.407 e. The van der Waals surface area contributed by atoms with Crippen LogP contribution < -0.4 is 10.6 Å². The highest BCUT2D eigenvalue weighted by atomic mass is 16.6. The Labute approximate surface area is 135 Å². The van der Waals surface area contributed by atoms with Crippen molar-refractivity contribution in [3.63, 3.8) is 0 Å². The molecule has 0 spiro atoms. The average Bonchev–Trinajstić information content (AvgIpc) is 2.62. The molecule has 2 atom stereocenters. The van der Waals surface area contributed by atoms with Crippen molar-refractivity contribution < 1.29 is 9.53 Å².